The Morgan fingerprint density at radius 3 is 3.00 bits per heavy atom. The second-order valence-corrected chi connectivity index (χ2v) is 5.93. The third-order valence-electron chi connectivity index (χ3n) is 4.19. The highest BCUT2D eigenvalue weighted by atomic mass is 16.5. The molecule has 124 valence electrons. The summed E-state index contributed by atoms with van der Waals surface area (Å²) in [7, 11) is 0. The first kappa shape index (κ1) is 14.7. The molecule has 0 bridgehead atoms. The molecule has 0 aromatic carbocycles. The first-order valence-electron chi connectivity index (χ1n) is 7.94. The van der Waals surface area contributed by atoms with Crippen molar-refractivity contribution in [3.05, 3.63) is 47.9 Å². The van der Waals surface area contributed by atoms with Crippen LogP contribution >= 0.6 is 0 Å². The van der Waals surface area contributed by atoms with Crippen LogP contribution in [0.15, 0.2) is 43.9 Å². The number of furan rings is 2. The van der Waals surface area contributed by atoms with Crippen LogP contribution in [0.5, 0.6) is 0 Å². The van der Waals surface area contributed by atoms with Crippen molar-refractivity contribution in [1.29, 1.82) is 0 Å². The number of amides is 1. The third-order valence-corrected chi connectivity index (χ3v) is 4.19. The molecule has 24 heavy (non-hydrogen) atoms. The molecule has 1 aliphatic rings. The maximum absolute atomic E-state index is 12.4. The zero-order valence-corrected chi connectivity index (χ0v) is 13.3. The summed E-state index contributed by atoms with van der Waals surface area (Å²) in [6, 6.07) is 7.06. The summed E-state index contributed by atoms with van der Waals surface area (Å²) in [4.78, 5) is 18.6. The number of hydrogen-bond acceptors (Lipinski definition) is 6. The van der Waals surface area contributed by atoms with Crippen molar-refractivity contribution in [2.75, 3.05) is 13.1 Å². The highest BCUT2D eigenvalue weighted by Gasteiger charge is 2.30. The monoisotopic (exact) mass is 327 g/mol. The van der Waals surface area contributed by atoms with Crippen LogP contribution in [0, 0.1) is 6.92 Å². The molecule has 1 atom stereocenters. The lowest BCUT2D eigenvalue weighted by molar-refractivity contribution is 0.0663. The Morgan fingerprint density at radius 1 is 1.33 bits per heavy atom. The molecule has 0 aliphatic carbocycles. The normalized spacial score (nSPS) is 18.0. The van der Waals surface area contributed by atoms with Crippen molar-refractivity contribution in [2.45, 2.75) is 25.7 Å². The Hall–Kier alpha value is -2.83. The minimum Gasteiger partial charge on any atom is -0.459 e. The van der Waals surface area contributed by atoms with Crippen molar-refractivity contribution in [3.8, 4) is 11.6 Å². The minimum atomic E-state index is -0.105. The maximum atomic E-state index is 12.4. The van der Waals surface area contributed by atoms with Gasteiger partial charge < -0.3 is 18.3 Å². The summed E-state index contributed by atoms with van der Waals surface area (Å²) < 4.78 is 16.1. The fourth-order valence-corrected chi connectivity index (χ4v) is 2.98. The average Bonchev–Trinajstić information content (AvgIpc) is 3.35. The van der Waals surface area contributed by atoms with Crippen LogP contribution in [0.4, 0.5) is 0 Å². The molecule has 0 N–H and O–H groups in total. The predicted molar refractivity (Wildman–Crippen MR) is 83.3 cm³/mol. The molecule has 1 fully saturated rings. The second kappa shape index (κ2) is 5.99. The number of likely N-dealkylation sites (tertiary alicyclic amines) is 1. The Balaban J connectivity index is 1.50. The van der Waals surface area contributed by atoms with Gasteiger partial charge >= 0.3 is 0 Å². The smallest absolute Gasteiger partial charge is 0.289 e. The van der Waals surface area contributed by atoms with Crippen LogP contribution in [-0.4, -0.2) is 34.0 Å². The van der Waals surface area contributed by atoms with Crippen molar-refractivity contribution in [1.82, 2.24) is 15.0 Å². The molecule has 0 spiro atoms. The number of carbonyl (C=O) groups is 1. The molecule has 0 unspecified atom stereocenters. The molecule has 1 amide bonds. The molecule has 0 saturated carbocycles. The summed E-state index contributed by atoms with van der Waals surface area (Å²) >= 11 is 0. The Labute approximate surface area is 138 Å². The minimum absolute atomic E-state index is 0.0231. The lowest BCUT2D eigenvalue weighted by Crippen LogP contribution is -2.39. The van der Waals surface area contributed by atoms with Gasteiger partial charge in [0.2, 0.25) is 11.7 Å². The molecule has 3 aromatic rings. The van der Waals surface area contributed by atoms with E-state index < -0.39 is 0 Å². The van der Waals surface area contributed by atoms with E-state index in [0.717, 1.165) is 18.6 Å². The van der Waals surface area contributed by atoms with Gasteiger partial charge in [0.15, 0.2) is 11.5 Å². The molecule has 1 aliphatic heterocycles. The fraction of sp³-hybridized carbons (Fsp3) is 0.353. The van der Waals surface area contributed by atoms with Crippen LogP contribution in [0.3, 0.4) is 0 Å². The van der Waals surface area contributed by atoms with Gasteiger partial charge in [-0.05, 0) is 44.0 Å². The molecule has 0 radical (unpaired) electrons. The van der Waals surface area contributed by atoms with Crippen molar-refractivity contribution >= 4 is 5.91 Å². The molecule has 4 heterocycles. The van der Waals surface area contributed by atoms with E-state index in [1.807, 2.05) is 19.1 Å². The van der Waals surface area contributed by atoms with Crippen LogP contribution in [0.2, 0.25) is 0 Å². The van der Waals surface area contributed by atoms with E-state index >= 15 is 0 Å². The number of rotatable bonds is 3. The average molecular weight is 327 g/mol. The summed E-state index contributed by atoms with van der Waals surface area (Å²) in [5.74, 6) is 2.63. The number of piperidine rings is 1. The van der Waals surface area contributed by atoms with Gasteiger partial charge in [-0.1, -0.05) is 5.16 Å². The van der Waals surface area contributed by atoms with E-state index in [1.54, 1.807) is 17.0 Å². The number of hydrogen-bond donors (Lipinski definition) is 0. The lowest BCUT2D eigenvalue weighted by atomic mass is 9.98. The van der Waals surface area contributed by atoms with Crippen LogP contribution in [-0.2, 0) is 0 Å². The van der Waals surface area contributed by atoms with E-state index in [2.05, 4.69) is 10.1 Å². The van der Waals surface area contributed by atoms with Crippen molar-refractivity contribution in [3.63, 3.8) is 0 Å². The molecule has 1 saturated heterocycles. The van der Waals surface area contributed by atoms with E-state index in [4.69, 9.17) is 13.4 Å². The molecule has 7 nitrogen and oxygen atoms in total. The zero-order chi connectivity index (χ0) is 16.5. The Bertz CT molecular complexity index is 834. The van der Waals surface area contributed by atoms with E-state index in [-0.39, 0.29) is 11.8 Å². The molecule has 3 aromatic heterocycles. The highest BCUT2D eigenvalue weighted by molar-refractivity contribution is 5.91. The van der Waals surface area contributed by atoms with E-state index in [0.29, 0.717) is 36.3 Å². The van der Waals surface area contributed by atoms with Gasteiger partial charge in [0, 0.05) is 13.1 Å². The zero-order valence-electron chi connectivity index (χ0n) is 13.3. The fourth-order valence-electron chi connectivity index (χ4n) is 2.98. The van der Waals surface area contributed by atoms with Crippen LogP contribution < -0.4 is 0 Å². The largest absolute Gasteiger partial charge is 0.459 e. The summed E-state index contributed by atoms with van der Waals surface area (Å²) in [5.41, 5.74) is 0. The van der Waals surface area contributed by atoms with Gasteiger partial charge in [-0.25, -0.2) is 0 Å². The number of aromatic nitrogens is 2. The topological polar surface area (TPSA) is 85.5 Å². The number of carbonyl (C=O) groups excluding carboxylic acids is 1. The van der Waals surface area contributed by atoms with E-state index in [1.165, 1.54) is 6.26 Å². The highest BCUT2D eigenvalue weighted by Crippen LogP contribution is 2.28. The third kappa shape index (κ3) is 2.73. The van der Waals surface area contributed by atoms with Gasteiger partial charge in [-0.2, -0.15) is 4.98 Å². The first-order chi connectivity index (χ1) is 11.7. The maximum Gasteiger partial charge on any atom is 0.289 e. The Kier molecular flexibility index (Phi) is 3.68. The Morgan fingerprint density at radius 2 is 2.25 bits per heavy atom. The first-order valence-corrected chi connectivity index (χ1v) is 7.94. The van der Waals surface area contributed by atoms with E-state index in [9.17, 15) is 4.79 Å². The molecule has 7 heteroatoms. The quantitative estimate of drug-likeness (QED) is 0.734. The number of aryl methyl sites for hydroxylation is 1. The van der Waals surface area contributed by atoms with Crippen LogP contribution in [0.25, 0.3) is 11.6 Å². The van der Waals surface area contributed by atoms with Gasteiger partial charge in [-0.15, -0.1) is 0 Å². The predicted octanol–water partition coefficient (Wildman–Crippen LogP) is 3.25. The lowest BCUT2D eigenvalue weighted by Gasteiger charge is -2.30. The van der Waals surface area contributed by atoms with Gasteiger partial charge in [0.1, 0.15) is 5.76 Å². The molecular weight excluding hydrogens is 310 g/mol. The van der Waals surface area contributed by atoms with Crippen molar-refractivity contribution in [2.24, 2.45) is 0 Å². The van der Waals surface area contributed by atoms with Crippen LogP contribution in [0.1, 0.15) is 41.0 Å². The second-order valence-electron chi connectivity index (χ2n) is 5.93. The molecule has 4 rings (SSSR count). The van der Waals surface area contributed by atoms with Crippen molar-refractivity contribution < 1.29 is 18.2 Å². The summed E-state index contributed by atoms with van der Waals surface area (Å²) in [5, 5.41) is 3.99. The standard InChI is InChI=1S/C17H17N3O4/c1-11-6-7-13(23-11)15-18-16(24-19-15)12-4-2-8-20(10-12)17(21)14-5-3-9-22-14/h3,5-7,9,12H,2,4,8,10H2,1H3/t12-/m1/s1. The summed E-state index contributed by atoms with van der Waals surface area (Å²) in [6.07, 6.45) is 3.29. The van der Waals surface area contributed by atoms with Gasteiger partial charge in [0.25, 0.3) is 5.91 Å². The van der Waals surface area contributed by atoms with Gasteiger partial charge in [0.05, 0.1) is 12.2 Å². The van der Waals surface area contributed by atoms with Gasteiger partial charge in [-0.3, -0.25) is 4.79 Å². The number of nitrogens with zero attached hydrogens (tertiary/aromatic N) is 3. The summed E-state index contributed by atoms with van der Waals surface area (Å²) in [6.45, 7) is 3.11. The molecular formula is C17H17N3O4. The SMILES string of the molecule is Cc1ccc(-c2noc([C@@H]3CCCN(C(=O)c4ccco4)C3)n2)o1.